The molecule has 0 aliphatic carbocycles. The van der Waals surface area contributed by atoms with E-state index in [1.165, 1.54) is 36.4 Å². The van der Waals surface area contributed by atoms with Crippen LogP contribution in [0.4, 0.5) is 21.9 Å². The zero-order valence-electron chi connectivity index (χ0n) is 19.8. The molecule has 11 nitrogen and oxygen atoms in total. The summed E-state index contributed by atoms with van der Waals surface area (Å²) in [5.74, 6) is -1.88. The first-order valence-corrected chi connectivity index (χ1v) is 11.4. The first-order chi connectivity index (χ1) is 18.1. The first-order valence-electron chi connectivity index (χ1n) is 11.1. The molecule has 0 atom stereocenters. The molecule has 3 aromatic rings. The number of hydrogen-bond donors (Lipinski definition) is 2. The number of aryl methyl sites for hydroxylation is 1. The minimum Gasteiger partial charge on any atom is -0.484 e. The zero-order chi connectivity index (χ0) is 27.4. The maximum absolute atomic E-state index is 13.0. The van der Waals surface area contributed by atoms with Crippen LogP contribution in [0.25, 0.3) is 6.08 Å². The number of benzene rings is 3. The summed E-state index contributed by atoms with van der Waals surface area (Å²) >= 11 is 6.06. The van der Waals surface area contributed by atoms with Crippen LogP contribution in [0.3, 0.4) is 0 Å². The Bertz CT molecular complexity index is 1500. The number of rotatable bonds is 7. The molecule has 1 aliphatic rings. The van der Waals surface area contributed by atoms with E-state index in [1.807, 2.05) is 6.92 Å². The highest BCUT2D eigenvalue weighted by molar-refractivity contribution is 6.39. The molecule has 38 heavy (non-hydrogen) atoms. The van der Waals surface area contributed by atoms with Crippen LogP contribution in [0.5, 0.6) is 5.75 Å². The van der Waals surface area contributed by atoms with E-state index >= 15 is 0 Å². The summed E-state index contributed by atoms with van der Waals surface area (Å²) in [5, 5.41) is 16.3. The van der Waals surface area contributed by atoms with Crippen molar-refractivity contribution in [2.75, 3.05) is 16.8 Å². The third-order valence-electron chi connectivity index (χ3n) is 5.42. The predicted octanol–water partition coefficient (Wildman–Crippen LogP) is 4.24. The number of amides is 5. The molecule has 2 N–H and O–H groups in total. The first kappa shape index (κ1) is 26.0. The highest BCUT2D eigenvalue weighted by atomic mass is 35.5. The van der Waals surface area contributed by atoms with Gasteiger partial charge in [0.1, 0.15) is 11.3 Å². The molecule has 3 aromatic carbocycles. The summed E-state index contributed by atoms with van der Waals surface area (Å²) in [4.78, 5) is 60.9. The van der Waals surface area contributed by atoms with Crippen molar-refractivity contribution >= 4 is 58.5 Å². The van der Waals surface area contributed by atoms with Gasteiger partial charge in [-0.05, 0) is 54.5 Å². The summed E-state index contributed by atoms with van der Waals surface area (Å²) in [6.07, 6.45) is 1.27. The average molecular weight is 535 g/mol. The number of carbonyl (C=O) groups is 4. The normalized spacial score (nSPS) is 14.3. The van der Waals surface area contributed by atoms with Gasteiger partial charge >= 0.3 is 6.03 Å². The van der Waals surface area contributed by atoms with Crippen molar-refractivity contribution in [3.8, 4) is 5.75 Å². The van der Waals surface area contributed by atoms with E-state index in [4.69, 9.17) is 16.3 Å². The highest BCUT2D eigenvalue weighted by Crippen LogP contribution is 2.26. The largest absolute Gasteiger partial charge is 0.484 e. The molecule has 1 saturated heterocycles. The molecular weight excluding hydrogens is 516 g/mol. The van der Waals surface area contributed by atoms with Crippen molar-refractivity contribution < 1.29 is 28.8 Å². The van der Waals surface area contributed by atoms with E-state index in [0.29, 0.717) is 26.9 Å². The quantitative estimate of drug-likeness (QED) is 0.199. The van der Waals surface area contributed by atoms with Crippen LogP contribution in [0.2, 0.25) is 5.02 Å². The van der Waals surface area contributed by atoms with Crippen LogP contribution < -0.4 is 20.3 Å². The molecule has 5 amide bonds. The topological polar surface area (TPSA) is 148 Å². The van der Waals surface area contributed by atoms with Crippen molar-refractivity contribution in [3.05, 3.63) is 98.6 Å². The Hall–Kier alpha value is -5.03. The maximum atomic E-state index is 13.0. The van der Waals surface area contributed by atoms with E-state index in [9.17, 15) is 29.3 Å². The molecule has 0 unspecified atom stereocenters. The Morgan fingerprint density at radius 3 is 2.53 bits per heavy atom. The number of hydrogen-bond acceptors (Lipinski definition) is 7. The van der Waals surface area contributed by atoms with E-state index in [-0.39, 0.29) is 23.6 Å². The number of barbiturate groups is 1. The molecule has 0 spiro atoms. The molecule has 0 radical (unpaired) electrons. The second kappa shape index (κ2) is 10.9. The maximum Gasteiger partial charge on any atom is 0.335 e. The lowest BCUT2D eigenvalue weighted by Crippen LogP contribution is -2.54. The monoisotopic (exact) mass is 534 g/mol. The smallest absolute Gasteiger partial charge is 0.335 e. The van der Waals surface area contributed by atoms with Crippen molar-refractivity contribution in [2.45, 2.75) is 6.92 Å². The van der Waals surface area contributed by atoms with Crippen LogP contribution in [-0.4, -0.2) is 35.3 Å². The molecular formula is C26H19ClN4O7. The molecule has 12 heteroatoms. The number of nitrogens with one attached hydrogen (secondary N) is 2. The summed E-state index contributed by atoms with van der Waals surface area (Å²) in [6.45, 7) is 1.58. The number of non-ortho nitro benzene ring substituents is 1. The van der Waals surface area contributed by atoms with Gasteiger partial charge in [-0.25, -0.2) is 9.69 Å². The second-order valence-electron chi connectivity index (χ2n) is 8.10. The molecule has 1 fully saturated rings. The summed E-state index contributed by atoms with van der Waals surface area (Å²) in [7, 11) is 0. The minimum atomic E-state index is -1.02. The predicted molar refractivity (Wildman–Crippen MR) is 139 cm³/mol. The van der Waals surface area contributed by atoms with Crippen LogP contribution in [0.15, 0.2) is 72.3 Å². The second-order valence-corrected chi connectivity index (χ2v) is 8.51. The number of halogens is 1. The molecule has 1 aliphatic heterocycles. The van der Waals surface area contributed by atoms with Gasteiger partial charge in [-0.2, -0.15) is 0 Å². The molecule has 0 aromatic heterocycles. The standard InChI is InChI=1S/C26H19ClN4O7/c1-15-5-8-17(12-22(15)27)28-23(32)14-38-20-9-6-16(7-10-20)11-21-24(33)29-26(35)30(25(21)34)18-3-2-4-19(13-18)31(36)37/h2-13H,14H2,1H3,(H,28,32)(H,29,33,35)/b21-11-. The van der Waals surface area contributed by atoms with Gasteiger partial charge in [0.25, 0.3) is 23.4 Å². The zero-order valence-corrected chi connectivity index (χ0v) is 20.5. The van der Waals surface area contributed by atoms with Gasteiger partial charge in [0.2, 0.25) is 0 Å². The molecule has 1 heterocycles. The number of nitrogens with zero attached hydrogens (tertiary/aromatic N) is 2. The number of imide groups is 2. The lowest BCUT2D eigenvalue weighted by Gasteiger charge is -2.26. The van der Waals surface area contributed by atoms with Crippen LogP contribution in [0.1, 0.15) is 11.1 Å². The van der Waals surface area contributed by atoms with Crippen molar-refractivity contribution in [2.24, 2.45) is 0 Å². The van der Waals surface area contributed by atoms with Crippen LogP contribution >= 0.6 is 11.6 Å². The summed E-state index contributed by atoms with van der Waals surface area (Å²) in [6, 6.07) is 15.2. The van der Waals surface area contributed by atoms with Gasteiger partial charge in [0.15, 0.2) is 6.61 Å². The Morgan fingerprint density at radius 2 is 1.84 bits per heavy atom. The van der Waals surface area contributed by atoms with Crippen molar-refractivity contribution in [3.63, 3.8) is 0 Å². The van der Waals surface area contributed by atoms with Crippen molar-refractivity contribution in [1.29, 1.82) is 0 Å². The van der Waals surface area contributed by atoms with E-state index in [2.05, 4.69) is 10.6 Å². The van der Waals surface area contributed by atoms with E-state index in [0.717, 1.165) is 11.6 Å². The summed E-state index contributed by atoms with van der Waals surface area (Å²) < 4.78 is 5.48. The fraction of sp³-hybridized carbons (Fsp3) is 0.0769. The number of carbonyl (C=O) groups excluding carboxylic acids is 4. The number of nitro benzene ring substituents is 1. The molecule has 192 valence electrons. The Morgan fingerprint density at radius 1 is 1.11 bits per heavy atom. The lowest BCUT2D eigenvalue weighted by atomic mass is 10.1. The van der Waals surface area contributed by atoms with Gasteiger partial charge in [0.05, 0.1) is 10.6 Å². The van der Waals surface area contributed by atoms with Gasteiger partial charge in [-0.15, -0.1) is 0 Å². The lowest BCUT2D eigenvalue weighted by molar-refractivity contribution is -0.384. The third kappa shape index (κ3) is 5.85. The molecule has 0 bridgehead atoms. The highest BCUT2D eigenvalue weighted by Gasteiger charge is 2.37. The molecule has 4 rings (SSSR count). The van der Waals surface area contributed by atoms with Crippen LogP contribution in [-0.2, 0) is 14.4 Å². The summed E-state index contributed by atoms with van der Waals surface area (Å²) in [5.41, 5.74) is 1.12. The van der Waals surface area contributed by atoms with E-state index < -0.39 is 28.7 Å². The Balaban J connectivity index is 1.44. The van der Waals surface area contributed by atoms with Crippen LogP contribution in [0, 0.1) is 17.0 Å². The van der Waals surface area contributed by atoms with Gasteiger partial charge in [0, 0.05) is 22.8 Å². The minimum absolute atomic E-state index is 0.0602. The number of ether oxygens (including phenoxy) is 1. The SMILES string of the molecule is Cc1ccc(NC(=O)COc2ccc(/C=C3/C(=O)NC(=O)N(c4cccc([N+](=O)[O-])c4)C3=O)cc2)cc1Cl. The fourth-order valence-electron chi connectivity index (χ4n) is 3.48. The number of nitro groups is 1. The fourth-order valence-corrected chi connectivity index (χ4v) is 3.66. The van der Waals surface area contributed by atoms with Gasteiger partial charge < -0.3 is 10.1 Å². The Kier molecular flexibility index (Phi) is 7.49. The Labute approximate surface area is 220 Å². The van der Waals surface area contributed by atoms with Gasteiger partial charge in [-0.3, -0.25) is 29.8 Å². The average Bonchev–Trinajstić information content (AvgIpc) is 2.88. The number of urea groups is 1. The van der Waals surface area contributed by atoms with E-state index in [1.54, 1.807) is 30.3 Å². The third-order valence-corrected chi connectivity index (χ3v) is 5.82. The molecule has 0 saturated carbocycles. The number of anilines is 2. The van der Waals surface area contributed by atoms with Crippen molar-refractivity contribution in [1.82, 2.24) is 5.32 Å². The van der Waals surface area contributed by atoms with Gasteiger partial charge in [-0.1, -0.05) is 35.9 Å².